The summed E-state index contributed by atoms with van der Waals surface area (Å²) in [5.74, 6) is -0.965. The molecule has 0 aliphatic heterocycles. The zero-order chi connectivity index (χ0) is 46.2. The standard InChI is InChI=1S/C52H91O10P/c1-3-5-7-9-11-13-15-17-19-21-23-24-26-27-29-31-33-35-37-39-41-43-51(55)59-47-50(48-61-63(57,58)60-46-49(54)45-53)62-52(56)44-42-40-38-36-34-32-30-28-25-22-20-18-16-14-12-10-8-6-4-2/h6,8,12,14,18,20-21,23,25,28,32,34,49-50,53-54H,3-5,7,9-11,13,15-17,19,22,24,26-27,29-31,33,35-48H2,1-2H3,(H,57,58)/b8-6-,14-12-,20-18-,23-21-,28-25-,34-32-. The van der Waals surface area contributed by atoms with Gasteiger partial charge in [0, 0.05) is 12.8 Å². The van der Waals surface area contributed by atoms with E-state index in [2.05, 4.69) is 86.8 Å². The molecule has 0 aliphatic rings. The normalized spacial score (nSPS) is 14.3. The van der Waals surface area contributed by atoms with E-state index < -0.39 is 51.8 Å². The topological polar surface area (TPSA) is 149 Å². The Morgan fingerprint density at radius 3 is 1.35 bits per heavy atom. The fraction of sp³-hybridized carbons (Fsp3) is 0.731. The van der Waals surface area contributed by atoms with E-state index in [0.717, 1.165) is 70.6 Å². The quantitative estimate of drug-likeness (QED) is 0.0233. The predicted octanol–water partition coefficient (Wildman–Crippen LogP) is 14.0. The molecule has 0 aromatic carbocycles. The van der Waals surface area contributed by atoms with Crippen LogP contribution in [0, 0.1) is 0 Å². The van der Waals surface area contributed by atoms with E-state index in [4.69, 9.17) is 23.6 Å². The second-order valence-corrected chi connectivity index (χ2v) is 17.9. The summed E-state index contributed by atoms with van der Waals surface area (Å²) in [4.78, 5) is 35.1. The van der Waals surface area contributed by atoms with Gasteiger partial charge in [-0.15, -0.1) is 0 Å². The molecule has 0 amide bonds. The smallest absolute Gasteiger partial charge is 0.462 e. The summed E-state index contributed by atoms with van der Waals surface area (Å²) in [5.41, 5.74) is 0. The molecule has 0 spiro atoms. The number of carbonyl (C=O) groups excluding carboxylic acids is 2. The minimum atomic E-state index is -4.64. The van der Waals surface area contributed by atoms with Crippen molar-refractivity contribution in [3.8, 4) is 0 Å². The van der Waals surface area contributed by atoms with Gasteiger partial charge in [-0.25, -0.2) is 4.57 Å². The molecule has 0 rings (SSSR count). The van der Waals surface area contributed by atoms with E-state index in [0.29, 0.717) is 12.8 Å². The number of carbonyl (C=O) groups is 2. The number of hydrogen-bond donors (Lipinski definition) is 3. The fourth-order valence-corrected chi connectivity index (χ4v) is 7.33. The van der Waals surface area contributed by atoms with Crippen molar-refractivity contribution in [1.29, 1.82) is 0 Å². The van der Waals surface area contributed by atoms with Gasteiger partial charge >= 0.3 is 19.8 Å². The molecule has 10 nitrogen and oxygen atoms in total. The molecule has 0 saturated heterocycles. The molecule has 0 heterocycles. The number of phosphoric ester groups is 1. The van der Waals surface area contributed by atoms with Crippen LogP contribution in [0.2, 0.25) is 0 Å². The summed E-state index contributed by atoms with van der Waals surface area (Å²) in [6, 6.07) is 0. The van der Waals surface area contributed by atoms with Gasteiger partial charge in [-0.05, 0) is 83.5 Å². The van der Waals surface area contributed by atoms with Crippen LogP contribution < -0.4 is 0 Å². The number of esters is 2. The SMILES string of the molecule is CC/C=C\C/C=C\C/C=C\C/C=C\C/C=C\CCCCCC(=O)OC(COC(=O)CCCCCCCCCCC/C=C\CCCCCCCCCC)COP(=O)(O)OCC(O)CO. The lowest BCUT2D eigenvalue weighted by atomic mass is 10.1. The number of aliphatic hydroxyl groups is 2. The summed E-state index contributed by atoms with van der Waals surface area (Å²) in [6.45, 7) is 2.24. The number of hydrogen-bond acceptors (Lipinski definition) is 9. The van der Waals surface area contributed by atoms with Crippen molar-refractivity contribution in [2.24, 2.45) is 0 Å². The molecule has 3 atom stereocenters. The Kier molecular flexibility index (Phi) is 45.4. The fourth-order valence-electron chi connectivity index (χ4n) is 6.54. The largest absolute Gasteiger partial charge is 0.472 e. The Morgan fingerprint density at radius 2 is 0.873 bits per heavy atom. The highest BCUT2D eigenvalue weighted by Crippen LogP contribution is 2.43. The highest BCUT2D eigenvalue weighted by Gasteiger charge is 2.27. The second kappa shape index (κ2) is 47.4. The van der Waals surface area contributed by atoms with Gasteiger partial charge in [0.1, 0.15) is 12.7 Å². The first-order valence-electron chi connectivity index (χ1n) is 24.9. The Bertz CT molecular complexity index is 1270. The number of allylic oxidation sites excluding steroid dienone is 12. The van der Waals surface area contributed by atoms with Crippen LogP contribution in [0.15, 0.2) is 72.9 Å². The maximum absolute atomic E-state index is 12.7. The van der Waals surface area contributed by atoms with Gasteiger partial charge in [-0.3, -0.25) is 18.6 Å². The van der Waals surface area contributed by atoms with Crippen molar-refractivity contribution in [3.05, 3.63) is 72.9 Å². The number of rotatable bonds is 46. The Balaban J connectivity index is 4.27. The lowest BCUT2D eigenvalue weighted by Crippen LogP contribution is -2.29. The summed E-state index contributed by atoms with van der Waals surface area (Å²) in [6.07, 6.45) is 55.8. The molecule has 0 bridgehead atoms. The summed E-state index contributed by atoms with van der Waals surface area (Å²) in [7, 11) is -4.64. The van der Waals surface area contributed by atoms with Gasteiger partial charge in [0.2, 0.25) is 0 Å². The van der Waals surface area contributed by atoms with Crippen molar-refractivity contribution in [2.75, 3.05) is 26.4 Å². The lowest BCUT2D eigenvalue weighted by molar-refractivity contribution is -0.161. The third kappa shape index (κ3) is 47.2. The van der Waals surface area contributed by atoms with Crippen molar-refractivity contribution in [3.63, 3.8) is 0 Å². The minimum Gasteiger partial charge on any atom is -0.462 e. The molecule has 0 radical (unpaired) electrons. The van der Waals surface area contributed by atoms with E-state index in [9.17, 15) is 24.2 Å². The molecule has 364 valence electrons. The van der Waals surface area contributed by atoms with Gasteiger partial charge in [0.05, 0.1) is 19.8 Å². The van der Waals surface area contributed by atoms with Crippen LogP contribution in [0.1, 0.15) is 206 Å². The van der Waals surface area contributed by atoms with Crippen LogP contribution in [-0.4, -0.2) is 65.7 Å². The number of phosphoric acid groups is 1. The van der Waals surface area contributed by atoms with E-state index in [1.54, 1.807) is 0 Å². The number of unbranched alkanes of at least 4 members (excludes halogenated alkanes) is 20. The lowest BCUT2D eigenvalue weighted by Gasteiger charge is -2.20. The number of aliphatic hydroxyl groups excluding tert-OH is 2. The van der Waals surface area contributed by atoms with Crippen molar-refractivity contribution in [1.82, 2.24) is 0 Å². The predicted molar refractivity (Wildman–Crippen MR) is 260 cm³/mol. The Morgan fingerprint density at radius 1 is 0.492 bits per heavy atom. The van der Waals surface area contributed by atoms with Crippen molar-refractivity contribution in [2.45, 2.75) is 219 Å². The van der Waals surface area contributed by atoms with E-state index in [1.165, 1.54) is 96.3 Å². The molecule has 3 N–H and O–H groups in total. The zero-order valence-corrected chi connectivity index (χ0v) is 40.7. The van der Waals surface area contributed by atoms with E-state index in [-0.39, 0.29) is 19.4 Å². The first kappa shape index (κ1) is 60.4. The highest BCUT2D eigenvalue weighted by molar-refractivity contribution is 7.47. The van der Waals surface area contributed by atoms with E-state index in [1.807, 2.05) is 0 Å². The van der Waals surface area contributed by atoms with Crippen LogP contribution in [-0.2, 0) is 32.7 Å². The van der Waals surface area contributed by atoms with Gasteiger partial charge < -0.3 is 24.6 Å². The van der Waals surface area contributed by atoms with Gasteiger partial charge in [0.25, 0.3) is 0 Å². The van der Waals surface area contributed by atoms with Crippen LogP contribution in [0.5, 0.6) is 0 Å². The molecule has 0 aromatic rings. The molecular formula is C52H91O10P. The molecule has 0 saturated carbocycles. The van der Waals surface area contributed by atoms with Crippen LogP contribution in [0.25, 0.3) is 0 Å². The van der Waals surface area contributed by atoms with Gasteiger partial charge in [0.15, 0.2) is 6.10 Å². The Hall–Kier alpha value is -2.59. The van der Waals surface area contributed by atoms with Crippen molar-refractivity contribution >= 4 is 19.8 Å². The molecule has 63 heavy (non-hydrogen) atoms. The van der Waals surface area contributed by atoms with E-state index >= 15 is 0 Å². The maximum Gasteiger partial charge on any atom is 0.472 e. The minimum absolute atomic E-state index is 0.142. The second-order valence-electron chi connectivity index (χ2n) is 16.5. The van der Waals surface area contributed by atoms with Gasteiger partial charge in [-0.1, -0.05) is 183 Å². The number of ether oxygens (including phenoxy) is 2. The summed E-state index contributed by atoms with van der Waals surface area (Å²) < 4.78 is 32.8. The average Bonchev–Trinajstić information content (AvgIpc) is 3.27. The Labute approximate surface area is 384 Å². The van der Waals surface area contributed by atoms with Crippen LogP contribution in [0.3, 0.4) is 0 Å². The van der Waals surface area contributed by atoms with Crippen LogP contribution in [0.4, 0.5) is 0 Å². The summed E-state index contributed by atoms with van der Waals surface area (Å²) in [5, 5.41) is 18.4. The highest BCUT2D eigenvalue weighted by atomic mass is 31.2. The molecule has 0 aromatic heterocycles. The molecule has 0 aliphatic carbocycles. The van der Waals surface area contributed by atoms with Crippen molar-refractivity contribution < 1.29 is 47.8 Å². The molecule has 11 heteroatoms. The van der Waals surface area contributed by atoms with Gasteiger partial charge in [-0.2, -0.15) is 0 Å². The monoisotopic (exact) mass is 907 g/mol. The average molecular weight is 907 g/mol. The zero-order valence-electron chi connectivity index (χ0n) is 39.8. The van der Waals surface area contributed by atoms with Crippen LogP contribution >= 0.6 is 7.82 Å². The maximum atomic E-state index is 12.7. The molecular weight excluding hydrogens is 816 g/mol. The first-order valence-corrected chi connectivity index (χ1v) is 26.4. The third-order valence-corrected chi connectivity index (χ3v) is 11.3. The first-order chi connectivity index (χ1) is 30.7. The molecule has 0 fully saturated rings. The molecule has 3 unspecified atom stereocenters. The third-order valence-electron chi connectivity index (χ3n) is 10.3. The summed E-state index contributed by atoms with van der Waals surface area (Å²) >= 11 is 0.